The lowest BCUT2D eigenvalue weighted by molar-refractivity contribution is -0.123. The molecule has 1 N–H and O–H groups in total. The van der Waals surface area contributed by atoms with Crippen molar-refractivity contribution in [1.82, 2.24) is 10.2 Å². The molecular formula is C20H30N2O2. The van der Waals surface area contributed by atoms with Gasteiger partial charge in [-0.2, -0.15) is 0 Å². The zero-order valence-electron chi connectivity index (χ0n) is 14.7. The average molecular weight is 330 g/mol. The Morgan fingerprint density at radius 3 is 2.54 bits per heavy atom. The van der Waals surface area contributed by atoms with E-state index in [4.69, 9.17) is 4.74 Å². The molecule has 1 amide bonds. The Hall–Kier alpha value is -1.39. The number of carbonyl (C=O) groups is 1. The van der Waals surface area contributed by atoms with Gasteiger partial charge in [0.15, 0.2) is 0 Å². The summed E-state index contributed by atoms with van der Waals surface area (Å²) in [6, 6.07) is 10.8. The van der Waals surface area contributed by atoms with Crippen LogP contribution in [-0.4, -0.2) is 43.2 Å². The highest BCUT2D eigenvalue weighted by Gasteiger charge is 2.29. The predicted molar refractivity (Wildman–Crippen MR) is 95.8 cm³/mol. The first-order valence-electron chi connectivity index (χ1n) is 9.40. The van der Waals surface area contributed by atoms with Crippen LogP contribution in [0.1, 0.15) is 50.6 Å². The highest BCUT2D eigenvalue weighted by molar-refractivity contribution is 5.76. The average Bonchev–Trinajstić information content (AvgIpc) is 3.10. The second-order valence-electron chi connectivity index (χ2n) is 7.21. The normalized spacial score (nSPS) is 22.2. The van der Waals surface area contributed by atoms with Crippen molar-refractivity contribution in [3.05, 3.63) is 35.9 Å². The topological polar surface area (TPSA) is 41.6 Å². The zero-order chi connectivity index (χ0) is 16.8. The third-order valence-corrected chi connectivity index (χ3v) is 5.39. The number of carbonyl (C=O) groups excluding carboxylic acids is 1. The first kappa shape index (κ1) is 17.4. The van der Waals surface area contributed by atoms with Crippen molar-refractivity contribution in [1.29, 1.82) is 0 Å². The van der Waals surface area contributed by atoms with Gasteiger partial charge in [-0.1, -0.05) is 43.2 Å². The van der Waals surface area contributed by atoms with Crippen molar-refractivity contribution in [3.63, 3.8) is 0 Å². The maximum atomic E-state index is 12.5. The summed E-state index contributed by atoms with van der Waals surface area (Å²) in [7, 11) is 0. The van der Waals surface area contributed by atoms with Gasteiger partial charge in [-0.15, -0.1) is 0 Å². The molecule has 0 radical (unpaired) electrons. The van der Waals surface area contributed by atoms with Gasteiger partial charge >= 0.3 is 0 Å². The van der Waals surface area contributed by atoms with Crippen LogP contribution < -0.4 is 5.32 Å². The van der Waals surface area contributed by atoms with Crippen LogP contribution in [0.5, 0.6) is 0 Å². The molecule has 1 saturated carbocycles. The molecule has 1 heterocycles. The van der Waals surface area contributed by atoms with Gasteiger partial charge in [0.05, 0.1) is 19.3 Å². The van der Waals surface area contributed by atoms with Crippen LogP contribution in [0.25, 0.3) is 0 Å². The molecule has 1 aromatic rings. The Labute approximate surface area is 145 Å². The number of nitrogens with one attached hydrogen (secondary N) is 1. The summed E-state index contributed by atoms with van der Waals surface area (Å²) < 4.78 is 5.51. The fourth-order valence-corrected chi connectivity index (χ4v) is 4.19. The summed E-state index contributed by atoms with van der Waals surface area (Å²) in [6.07, 6.45) is 5.69. The van der Waals surface area contributed by atoms with Crippen molar-refractivity contribution < 1.29 is 9.53 Å². The number of amides is 1. The van der Waals surface area contributed by atoms with Crippen molar-refractivity contribution >= 4 is 5.91 Å². The molecule has 0 spiro atoms. The first-order chi connectivity index (χ1) is 11.7. The molecule has 4 nitrogen and oxygen atoms in total. The van der Waals surface area contributed by atoms with Gasteiger partial charge in [0.1, 0.15) is 0 Å². The minimum Gasteiger partial charge on any atom is -0.379 e. The lowest BCUT2D eigenvalue weighted by Gasteiger charge is -2.38. The highest BCUT2D eigenvalue weighted by Crippen LogP contribution is 2.28. The molecular weight excluding hydrogens is 300 g/mol. The third kappa shape index (κ3) is 4.58. The Kier molecular flexibility index (Phi) is 6.27. The zero-order valence-corrected chi connectivity index (χ0v) is 14.7. The van der Waals surface area contributed by atoms with E-state index >= 15 is 0 Å². The summed E-state index contributed by atoms with van der Waals surface area (Å²) in [5.41, 5.74) is 1.27. The van der Waals surface area contributed by atoms with Crippen LogP contribution in [0, 0.1) is 5.92 Å². The maximum absolute atomic E-state index is 12.5. The van der Waals surface area contributed by atoms with E-state index < -0.39 is 0 Å². The fraction of sp³-hybridized carbons (Fsp3) is 0.650. The molecule has 0 bridgehead atoms. The summed E-state index contributed by atoms with van der Waals surface area (Å²) in [4.78, 5) is 14.9. The largest absolute Gasteiger partial charge is 0.379 e. The Bertz CT molecular complexity index is 508. The molecule has 24 heavy (non-hydrogen) atoms. The molecule has 1 aliphatic carbocycles. The van der Waals surface area contributed by atoms with Crippen molar-refractivity contribution in [3.8, 4) is 0 Å². The van der Waals surface area contributed by atoms with Crippen LogP contribution in [0.15, 0.2) is 30.3 Å². The molecule has 3 rings (SSSR count). The van der Waals surface area contributed by atoms with E-state index in [0.29, 0.717) is 12.3 Å². The highest BCUT2D eigenvalue weighted by atomic mass is 16.5. The number of hydrogen-bond donors (Lipinski definition) is 1. The van der Waals surface area contributed by atoms with Gasteiger partial charge in [0.2, 0.25) is 5.91 Å². The Morgan fingerprint density at radius 2 is 1.88 bits per heavy atom. The number of ether oxygens (including phenoxy) is 1. The lowest BCUT2D eigenvalue weighted by atomic mass is 9.97. The van der Waals surface area contributed by atoms with Crippen molar-refractivity contribution in [2.24, 2.45) is 5.92 Å². The third-order valence-electron chi connectivity index (χ3n) is 5.39. The van der Waals surface area contributed by atoms with E-state index in [1.165, 1.54) is 31.2 Å². The Balaban J connectivity index is 1.65. The van der Waals surface area contributed by atoms with E-state index in [9.17, 15) is 4.79 Å². The van der Waals surface area contributed by atoms with Gasteiger partial charge in [-0.25, -0.2) is 0 Å². The van der Waals surface area contributed by atoms with Gasteiger partial charge in [-0.3, -0.25) is 9.69 Å². The van der Waals surface area contributed by atoms with E-state index in [0.717, 1.165) is 26.3 Å². The monoisotopic (exact) mass is 330 g/mol. The van der Waals surface area contributed by atoms with Gasteiger partial charge < -0.3 is 10.1 Å². The maximum Gasteiger partial charge on any atom is 0.220 e. The summed E-state index contributed by atoms with van der Waals surface area (Å²) >= 11 is 0. The fourth-order valence-electron chi connectivity index (χ4n) is 4.19. The number of nitrogens with zero attached hydrogens (tertiary/aromatic N) is 1. The minimum atomic E-state index is 0.0967. The molecule has 2 atom stereocenters. The smallest absolute Gasteiger partial charge is 0.220 e. The van der Waals surface area contributed by atoms with Crippen LogP contribution in [-0.2, 0) is 9.53 Å². The van der Waals surface area contributed by atoms with E-state index in [2.05, 4.69) is 41.4 Å². The molecule has 132 valence electrons. The Morgan fingerprint density at radius 1 is 1.21 bits per heavy atom. The molecule has 2 aliphatic rings. The van der Waals surface area contributed by atoms with Crippen LogP contribution in [0.4, 0.5) is 0 Å². The van der Waals surface area contributed by atoms with Crippen molar-refractivity contribution in [2.45, 2.75) is 51.1 Å². The molecule has 1 aromatic carbocycles. The van der Waals surface area contributed by atoms with Gasteiger partial charge in [-0.05, 0) is 31.2 Å². The predicted octanol–water partition coefficient (Wildman–Crippen LogP) is 3.14. The molecule has 0 unspecified atom stereocenters. The SMILES string of the molecule is C[C@H](NC(=O)CC1CCCC1)[C@H](c1ccccc1)N1CCOCC1. The number of morpholine rings is 1. The summed E-state index contributed by atoms with van der Waals surface area (Å²) in [5, 5.41) is 3.28. The summed E-state index contributed by atoms with van der Waals surface area (Å²) in [6.45, 7) is 5.52. The standard InChI is InChI=1S/C20H30N2O2/c1-16(21-19(23)15-17-7-5-6-8-17)20(18-9-3-2-4-10-18)22-11-13-24-14-12-22/h2-4,9-10,16-17,20H,5-8,11-15H2,1H3,(H,21,23)/t16-,20+/m0/s1. The second kappa shape index (κ2) is 8.63. The van der Waals surface area contributed by atoms with Crippen LogP contribution in [0.2, 0.25) is 0 Å². The second-order valence-corrected chi connectivity index (χ2v) is 7.21. The molecule has 4 heteroatoms. The summed E-state index contributed by atoms with van der Waals surface area (Å²) in [5.74, 6) is 0.805. The quantitative estimate of drug-likeness (QED) is 0.871. The molecule has 2 fully saturated rings. The van der Waals surface area contributed by atoms with Crippen molar-refractivity contribution in [2.75, 3.05) is 26.3 Å². The molecule has 1 aliphatic heterocycles. The van der Waals surface area contributed by atoms with Crippen LogP contribution >= 0.6 is 0 Å². The number of hydrogen-bond acceptors (Lipinski definition) is 3. The number of benzene rings is 1. The van der Waals surface area contributed by atoms with E-state index in [1.54, 1.807) is 0 Å². The molecule has 0 aromatic heterocycles. The van der Waals surface area contributed by atoms with E-state index in [-0.39, 0.29) is 18.0 Å². The molecule has 1 saturated heterocycles. The lowest BCUT2D eigenvalue weighted by Crippen LogP contribution is -2.48. The van der Waals surface area contributed by atoms with Gasteiger partial charge in [0.25, 0.3) is 0 Å². The minimum absolute atomic E-state index is 0.0967. The van der Waals surface area contributed by atoms with E-state index in [1.807, 2.05) is 6.07 Å². The first-order valence-corrected chi connectivity index (χ1v) is 9.40. The number of rotatable bonds is 6. The van der Waals surface area contributed by atoms with Crippen LogP contribution in [0.3, 0.4) is 0 Å². The van der Waals surface area contributed by atoms with Gasteiger partial charge in [0, 0.05) is 25.6 Å².